The van der Waals surface area contributed by atoms with Crippen LogP contribution in [0.15, 0.2) is 54.6 Å². The largest absolute Gasteiger partial charge is 0.350 e. The van der Waals surface area contributed by atoms with Crippen molar-refractivity contribution >= 4 is 29.7 Å². The van der Waals surface area contributed by atoms with E-state index in [2.05, 4.69) is 16.0 Å². The van der Waals surface area contributed by atoms with Gasteiger partial charge in [0.2, 0.25) is 17.7 Å². The fourth-order valence-corrected chi connectivity index (χ4v) is 3.05. The van der Waals surface area contributed by atoms with Crippen LogP contribution < -0.4 is 16.0 Å². The highest BCUT2D eigenvalue weighted by Gasteiger charge is 2.28. The van der Waals surface area contributed by atoms with Crippen molar-refractivity contribution in [2.24, 2.45) is 5.92 Å². The van der Waals surface area contributed by atoms with Gasteiger partial charge in [-0.05, 0) is 29.7 Å². The van der Waals surface area contributed by atoms with E-state index in [0.29, 0.717) is 17.3 Å². The van der Waals surface area contributed by atoms with E-state index in [4.69, 9.17) is 5.41 Å². The Morgan fingerprint density at radius 3 is 2.15 bits per heavy atom. The molecule has 0 unspecified atom stereocenters. The number of carbonyl (C=O) groups excluding carboxylic acids is 4. The lowest BCUT2D eigenvalue weighted by Gasteiger charge is -2.24. The lowest BCUT2D eigenvalue weighted by Crippen LogP contribution is -2.51. The molecule has 0 aromatic heterocycles. The van der Waals surface area contributed by atoms with Gasteiger partial charge in [-0.2, -0.15) is 0 Å². The molecule has 0 aliphatic carbocycles. The number of amides is 3. The van der Waals surface area contributed by atoms with Gasteiger partial charge in [-0.3, -0.25) is 19.2 Å². The summed E-state index contributed by atoms with van der Waals surface area (Å²) in [6, 6.07) is 12.1. The van der Waals surface area contributed by atoms with Crippen molar-refractivity contribution in [2.75, 3.05) is 0 Å². The zero-order valence-corrected chi connectivity index (χ0v) is 19.1. The summed E-state index contributed by atoms with van der Waals surface area (Å²) >= 11 is 0. The maximum atomic E-state index is 13.2. The molecule has 0 heterocycles. The number of rotatable bonds is 12. The normalized spacial score (nSPS) is 12.4. The molecule has 3 amide bonds. The molecule has 4 N–H and O–H groups in total. The predicted octanol–water partition coefficient (Wildman–Crippen LogP) is 2.44. The summed E-state index contributed by atoms with van der Waals surface area (Å²) in [4.78, 5) is 50.0. The fourth-order valence-electron chi connectivity index (χ4n) is 3.05. The van der Waals surface area contributed by atoms with Gasteiger partial charge in [0.05, 0.1) is 6.21 Å². The smallest absolute Gasteiger partial charge is 0.247 e. The molecule has 180 valence electrons. The van der Waals surface area contributed by atoms with Crippen LogP contribution >= 0.6 is 0 Å². The number of carbonyl (C=O) groups is 4. The van der Waals surface area contributed by atoms with Crippen molar-refractivity contribution < 1.29 is 23.6 Å². The summed E-state index contributed by atoms with van der Waals surface area (Å²) in [6.45, 7) is 3.49. The summed E-state index contributed by atoms with van der Waals surface area (Å²) in [6.07, 6.45) is 0.506. The predicted molar refractivity (Wildman–Crippen MR) is 125 cm³/mol. The van der Waals surface area contributed by atoms with Crippen LogP contribution in [-0.2, 0) is 25.7 Å². The first-order valence-corrected chi connectivity index (χ1v) is 10.9. The van der Waals surface area contributed by atoms with Crippen LogP contribution in [0.2, 0.25) is 0 Å². The second kappa shape index (κ2) is 13.0. The monoisotopic (exact) mass is 468 g/mol. The van der Waals surface area contributed by atoms with Crippen LogP contribution in [0.4, 0.5) is 4.39 Å². The van der Waals surface area contributed by atoms with E-state index in [1.54, 1.807) is 44.2 Å². The Bertz CT molecular complexity index is 1010. The van der Waals surface area contributed by atoms with Crippen molar-refractivity contribution in [1.29, 1.82) is 5.41 Å². The van der Waals surface area contributed by atoms with E-state index in [9.17, 15) is 23.6 Å². The Morgan fingerprint density at radius 2 is 1.56 bits per heavy atom. The molecule has 0 aliphatic heterocycles. The van der Waals surface area contributed by atoms with E-state index in [0.717, 1.165) is 0 Å². The minimum absolute atomic E-state index is 0.0329. The molecule has 8 nitrogen and oxygen atoms in total. The third-order valence-corrected chi connectivity index (χ3v) is 5.06. The van der Waals surface area contributed by atoms with Crippen LogP contribution in [0, 0.1) is 17.1 Å². The van der Waals surface area contributed by atoms with Gasteiger partial charge in [0.15, 0.2) is 5.78 Å². The molecule has 0 saturated heterocycles. The number of hydrogen-bond donors (Lipinski definition) is 4. The van der Waals surface area contributed by atoms with Gasteiger partial charge in [-0.15, -0.1) is 0 Å². The molecule has 0 radical (unpaired) electrons. The number of ketones is 1. The standard InChI is InChI=1S/C25H29FN4O4/c1-16(2)23(32)30-22(18-6-4-3-5-7-18)25(34)29-21(13-12-20(31)14-27)24(33)28-15-17-8-10-19(26)11-9-17/h3-11,14,16,21-22,27H,12-13,15H2,1-2H3,(H,28,33)(H,29,34)(H,30,32)/t21-,22-/m0/s1. The molecule has 0 aliphatic rings. The van der Waals surface area contributed by atoms with Gasteiger partial charge in [0.25, 0.3) is 0 Å². The van der Waals surface area contributed by atoms with Gasteiger partial charge in [0, 0.05) is 18.9 Å². The van der Waals surface area contributed by atoms with Crippen LogP contribution in [0.1, 0.15) is 43.9 Å². The Morgan fingerprint density at radius 1 is 0.912 bits per heavy atom. The Balaban J connectivity index is 2.18. The molecular weight excluding hydrogens is 439 g/mol. The molecular formula is C25H29FN4O4. The first-order valence-electron chi connectivity index (χ1n) is 10.9. The van der Waals surface area contributed by atoms with Crippen molar-refractivity contribution in [3.63, 3.8) is 0 Å². The zero-order chi connectivity index (χ0) is 25.1. The number of halogens is 1. The maximum Gasteiger partial charge on any atom is 0.247 e. The van der Waals surface area contributed by atoms with Crippen LogP contribution in [0.3, 0.4) is 0 Å². The van der Waals surface area contributed by atoms with Gasteiger partial charge >= 0.3 is 0 Å². The number of benzene rings is 2. The van der Waals surface area contributed by atoms with Crippen LogP contribution in [0.25, 0.3) is 0 Å². The minimum atomic E-state index is -1.08. The number of nitrogens with one attached hydrogen (secondary N) is 4. The van der Waals surface area contributed by atoms with Gasteiger partial charge in [-0.25, -0.2) is 4.39 Å². The molecule has 0 saturated carbocycles. The molecule has 2 rings (SSSR count). The number of hydrogen-bond acceptors (Lipinski definition) is 5. The second-order valence-electron chi connectivity index (χ2n) is 8.06. The van der Waals surface area contributed by atoms with Crippen molar-refractivity contribution in [3.05, 3.63) is 71.5 Å². The topological polar surface area (TPSA) is 128 Å². The molecule has 0 bridgehead atoms. The van der Waals surface area contributed by atoms with Gasteiger partial charge in [0.1, 0.15) is 17.9 Å². The highest BCUT2D eigenvalue weighted by atomic mass is 19.1. The van der Waals surface area contributed by atoms with E-state index in [1.165, 1.54) is 24.3 Å². The molecule has 0 fully saturated rings. The average molecular weight is 469 g/mol. The molecule has 0 spiro atoms. The quantitative estimate of drug-likeness (QED) is 0.357. The van der Waals surface area contributed by atoms with E-state index in [-0.39, 0.29) is 31.2 Å². The highest BCUT2D eigenvalue weighted by Crippen LogP contribution is 2.15. The third-order valence-electron chi connectivity index (χ3n) is 5.06. The third kappa shape index (κ3) is 8.23. The van der Waals surface area contributed by atoms with E-state index < -0.39 is 35.5 Å². The fraction of sp³-hybridized carbons (Fsp3) is 0.320. The SMILES string of the molecule is CC(C)C(=O)N[C@H](C(=O)N[C@@H](CCC(=O)C=N)C(=O)NCc1ccc(F)cc1)c1ccccc1. The van der Waals surface area contributed by atoms with Crippen LogP contribution in [0.5, 0.6) is 0 Å². The molecule has 2 atom stereocenters. The molecule has 2 aromatic rings. The molecule has 9 heteroatoms. The molecule has 2 aromatic carbocycles. The Hall–Kier alpha value is -3.88. The van der Waals surface area contributed by atoms with Crippen molar-refractivity contribution in [2.45, 2.75) is 45.3 Å². The highest BCUT2D eigenvalue weighted by molar-refractivity contribution is 6.26. The summed E-state index contributed by atoms with van der Waals surface area (Å²) in [5.74, 6) is -2.74. The summed E-state index contributed by atoms with van der Waals surface area (Å²) in [5.41, 5.74) is 1.19. The second-order valence-corrected chi connectivity index (χ2v) is 8.06. The van der Waals surface area contributed by atoms with E-state index >= 15 is 0 Å². The first-order chi connectivity index (χ1) is 16.2. The lowest BCUT2D eigenvalue weighted by atomic mass is 10.0. The van der Waals surface area contributed by atoms with E-state index in [1.807, 2.05) is 0 Å². The van der Waals surface area contributed by atoms with Crippen LogP contribution in [-0.4, -0.2) is 35.8 Å². The average Bonchev–Trinajstić information content (AvgIpc) is 2.84. The Kier molecular flexibility index (Phi) is 10.1. The van der Waals surface area contributed by atoms with Gasteiger partial charge < -0.3 is 21.4 Å². The van der Waals surface area contributed by atoms with Crippen molar-refractivity contribution in [1.82, 2.24) is 16.0 Å². The Labute approximate surface area is 197 Å². The molecule has 34 heavy (non-hydrogen) atoms. The summed E-state index contributed by atoms with van der Waals surface area (Å²) in [5, 5.41) is 15.1. The van der Waals surface area contributed by atoms with Crippen molar-refractivity contribution in [3.8, 4) is 0 Å². The summed E-state index contributed by atoms with van der Waals surface area (Å²) in [7, 11) is 0. The maximum absolute atomic E-state index is 13.2. The lowest BCUT2D eigenvalue weighted by molar-refractivity contribution is -0.133. The zero-order valence-electron chi connectivity index (χ0n) is 19.1. The van der Waals surface area contributed by atoms with Gasteiger partial charge in [-0.1, -0.05) is 56.3 Å². The first kappa shape index (κ1) is 26.4. The summed E-state index contributed by atoms with van der Waals surface area (Å²) < 4.78 is 13.1. The minimum Gasteiger partial charge on any atom is -0.350 e. The number of Topliss-reactive ketones (excluding diaryl/α,β-unsaturated/α-hetero) is 1.